The summed E-state index contributed by atoms with van der Waals surface area (Å²) in [5.41, 5.74) is 5.55. The summed E-state index contributed by atoms with van der Waals surface area (Å²) in [7, 11) is -1.95. The van der Waals surface area contributed by atoms with Crippen molar-refractivity contribution in [2.45, 2.75) is 64.8 Å². The van der Waals surface area contributed by atoms with Crippen LogP contribution >= 0.6 is 0 Å². The summed E-state index contributed by atoms with van der Waals surface area (Å²) in [5.74, 6) is 0.831. The lowest BCUT2D eigenvalue weighted by Crippen LogP contribution is -2.36. The molecule has 16 heavy (non-hydrogen) atoms. The molecule has 0 bridgehead atoms. The molecule has 0 amide bonds. The Kier molecular flexibility index (Phi) is 8.63. The van der Waals surface area contributed by atoms with Gasteiger partial charge in [-0.25, -0.2) is 0 Å². The third-order valence-corrected chi connectivity index (χ3v) is 8.96. The van der Waals surface area contributed by atoms with Crippen LogP contribution in [0.2, 0.25) is 31.7 Å². The zero-order valence-electron chi connectivity index (χ0n) is 11.8. The maximum atomic E-state index is 6.31. The van der Waals surface area contributed by atoms with E-state index < -0.39 is 17.4 Å². The molecule has 0 rings (SSSR count). The molecule has 2 nitrogen and oxygen atoms in total. The molecule has 4 heteroatoms. The molecule has 0 fully saturated rings. The van der Waals surface area contributed by atoms with E-state index >= 15 is 0 Å². The fourth-order valence-corrected chi connectivity index (χ4v) is 8.21. The Bertz CT molecular complexity index is 174. The quantitative estimate of drug-likeness (QED) is 0.643. The lowest BCUT2D eigenvalue weighted by Gasteiger charge is -2.26. The van der Waals surface area contributed by atoms with Gasteiger partial charge >= 0.3 is 0 Å². The van der Waals surface area contributed by atoms with Gasteiger partial charge in [-0.1, -0.05) is 26.7 Å². The molecule has 0 saturated heterocycles. The van der Waals surface area contributed by atoms with Crippen molar-refractivity contribution in [1.82, 2.24) is 0 Å². The number of rotatable bonds is 9. The summed E-state index contributed by atoms with van der Waals surface area (Å²) >= 11 is 0. The molecule has 0 heterocycles. The highest BCUT2D eigenvalue weighted by atomic mass is 28.4. The Hall–Kier alpha value is 0.354. The van der Waals surface area contributed by atoms with Crippen LogP contribution in [0.15, 0.2) is 0 Å². The van der Waals surface area contributed by atoms with Gasteiger partial charge in [0.25, 0.3) is 0 Å². The van der Waals surface area contributed by atoms with Crippen molar-refractivity contribution in [2.75, 3.05) is 6.54 Å². The normalized spacial score (nSPS) is 12.8. The van der Waals surface area contributed by atoms with Crippen LogP contribution in [0.3, 0.4) is 0 Å². The van der Waals surface area contributed by atoms with Crippen molar-refractivity contribution in [3.63, 3.8) is 0 Å². The minimum absolute atomic E-state index is 0.551. The lowest BCUT2D eigenvalue weighted by molar-refractivity contribution is 0.533. The smallest absolute Gasteiger partial charge is 0.194 e. The molecule has 0 aliphatic heterocycles. The van der Waals surface area contributed by atoms with E-state index in [4.69, 9.17) is 9.85 Å². The topological polar surface area (TPSA) is 35.2 Å². The van der Waals surface area contributed by atoms with Crippen molar-refractivity contribution in [3.8, 4) is 0 Å². The molecule has 0 aliphatic rings. The highest BCUT2D eigenvalue weighted by molar-refractivity contribution is 6.78. The summed E-state index contributed by atoms with van der Waals surface area (Å²) < 4.78 is 6.31. The molecule has 0 aliphatic carbocycles. The van der Waals surface area contributed by atoms with Gasteiger partial charge in [-0.2, -0.15) is 0 Å². The molecular formula is C12H30NOSi2. The van der Waals surface area contributed by atoms with Gasteiger partial charge < -0.3 is 9.85 Å². The van der Waals surface area contributed by atoms with E-state index in [1.165, 1.54) is 24.9 Å². The van der Waals surface area contributed by atoms with Crippen LogP contribution in [-0.2, 0) is 4.12 Å². The predicted octanol–water partition coefficient (Wildman–Crippen LogP) is 3.61. The Balaban J connectivity index is 3.71. The van der Waals surface area contributed by atoms with Crippen LogP contribution in [-0.4, -0.2) is 23.9 Å². The fraction of sp³-hybridized carbons (Fsp3) is 1.00. The molecule has 97 valence electrons. The number of nitrogens with two attached hydrogens (primary N) is 1. The van der Waals surface area contributed by atoms with E-state index in [1.54, 1.807) is 0 Å². The Morgan fingerprint density at radius 2 is 1.88 bits per heavy atom. The van der Waals surface area contributed by atoms with Crippen LogP contribution in [0.4, 0.5) is 0 Å². The molecule has 0 unspecified atom stereocenters. The van der Waals surface area contributed by atoms with Gasteiger partial charge in [0.2, 0.25) is 0 Å². The molecule has 0 atom stereocenters. The van der Waals surface area contributed by atoms with Gasteiger partial charge in [0.15, 0.2) is 17.4 Å². The molecule has 1 radical (unpaired) electrons. The molecule has 0 aromatic carbocycles. The molecule has 0 spiro atoms. The van der Waals surface area contributed by atoms with E-state index in [0.29, 0.717) is 0 Å². The van der Waals surface area contributed by atoms with E-state index in [2.05, 4.69) is 33.5 Å². The summed E-state index contributed by atoms with van der Waals surface area (Å²) in [6, 6.07) is 2.53. The Morgan fingerprint density at radius 1 is 1.25 bits per heavy atom. The zero-order chi connectivity index (χ0) is 12.6. The minimum Gasteiger partial charge on any atom is -0.456 e. The maximum Gasteiger partial charge on any atom is 0.194 e. The van der Waals surface area contributed by atoms with Gasteiger partial charge in [-0.15, -0.1) is 0 Å². The molecular weight excluding hydrogens is 230 g/mol. The first-order valence-electron chi connectivity index (χ1n) is 6.59. The largest absolute Gasteiger partial charge is 0.456 e. The molecule has 0 saturated carbocycles. The van der Waals surface area contributed by atoms with Gasteiger partial charge in [-0.3, -0.25) is 0 Å². The predicted molar refractivity (Wildman–Crippen MR) is 77.5 cm³/mol. The van der Waals surface area contributed by atoms with Crippen LogP contribution in [0.1, 0.15) is 33.1 Å². The Labute approximate surface area is 105 Å². The first kappa shape index (κ1) is 16.4. The van der Waals surface area contributed by atoms with Gasteiger partial charge in [0.1, 0.15) is 0 Å². The second-order valence-electron chi connectivity index (χ2n) is 5.74. The Morgan fingerprint density at radius 3 is 2.38 bits per heavy atom. The third kappa shape index (κ3) is 9.57. The zero-order valence-corrected chi connectivity index (χ0v) is 13.8. The van der Waals surface area contributed by atoms with E-state index in [9.17, 15) is 0 Å². The van der Waals surface area contributed by atoms with E-state index in [1.807, 2.05) is 0 Å². The van der Waals surface area contributed by atoms with E-state index in [-0.39, 0.29) is 0 Å². The molecule has 0 aromatic heterocycles. The van der Waals surface area contributed by atoms with Crippen molar-refractivity contribution in [1.29, 1.82) is 0 Å². The first-order valence-corrected chi connectivity index (χ1v) is 11.8. The second-order valence-corrected chi connectivity index (χ2v) is 12.5. The maximum absolute atomic E-state index is 6.31. The minimum atomic E-state index is -1.40. The van der Waals surface area contributed by atoms with Crippen LogP contribution in [0.5, 0.6) is 0 Å². The van der Waals surface area contributed by atoms with Crippen molar-refractivity contribution in [3.05, 3.63) is 0 Å². The lowest BCUT2D eigenvalue weighted by atomic mass is 10.1. The summed E-state index contributed by atoms with van der Waals surface area (Å²) in [4.78, 5) is 0. The molecule has 0 aromatic rings. The SMILES string of the molecule is CC(C)CCC[Si](C)O[Si](C)(C)CCCN. The van der Waals surface area contributed by atoms with Crippen LogP contribution < -0.4 is 5.73 Å². The highest BCUT2D eigenvalue weighted by Crippen LogP contribution is 2.17. The summed E-state index contributed by atoms with van der Waals surface area (Å²) in [6.45, 7) is 12.4. The first-order chi connectivity index (χ1) is 7.37. The molecule has 2 N–H and O–H groups in total. The van der Waals surface area contributed by atoms with Gasteiger partial charge in [0, 0.05) is 0 Å². The summed E-state index contributed by atoms with van der Waals surface area (Å²) in [6.07, 6.45) is 3.81. The van der Waals surface area contributed by atoms with Crippen molar-refractivity contribution >= 4 is 17.4 Å². The highest BCUT2D eigenvalue weighted by Gasteiger charge is 2.24. The van der Waals surface area contributed by atoms with Gasteiger partial charge in [-0.05, 0) is 50.6 Å². The third-order valence-electron chi connectivity index (χ3n) is 2.74. The number of hydrogen-bond donors (Lipinski definition) is 1. The van der Waals surface area contributed by atoms with Crippen LogP contribution in [0, 0.1) is 5.92 Å². The van der Waals surface area contributed by atoms with Crippen LogP contribution in [0.25, 0.3) is 0 Å². The average molecular weight is 261 g/mol. The average Bonchev–Trinajstić information content (AvgIpc) is 2.13. The standard InChI is InChI=1S/C12H30NOSi2/c1-12(2)8-6-10-15(3)14-16(4,5)11-7-9-13/h12H,6-11,13H2,1-5H3. The van der Waals surface area contributed by atoms with Gasteiger partial charge in [0.05, 0.1) is 0 Å². The summed E-state index contributed by atoms with van der Waals surface area (Å²) in [5, 5.41) is 0. The van der Waals surface area contributed by atoms with Crippen molar-refractivity contribution < 1.29 is 4.12 Å². The fourth-order valence-electron chi connectivity index (χ4n) is 1.86. The van der Waals surface area contributed by atoms with Crippen molar-refractivity contribution in [2.24, 2.45) is 11.7 Å². The number of hydrogen-bond acceptors (Lipinski definition) is 2. The monoisotopic (exact) mass is 260 g/mol. The second kappa shape index (κ2) is 8.45. The van der Waals surface area contributed by atoms with E-state index in [0.717, 1.165) is 18.9 Å².